The van der Waals surface area contributed by atoms with Crippen LogP contribution in [0.1, 0.15) is 27.7 Å². The second-order valence-electron chi connectivity index (χ2n) is 4.88. The van der Waals surface area contributed by atoms with Crippen LogP contribution in [-0.2, 0) is 9.53 Å². The minimum atomic E-state index is -0.123. The molecule has 0 saturated carbocycles. The van der Waals surface area contributed by atoms with Gasteiger partial charge in [-0.2, -0.15) is 0 Å². The Morgan fingerprint density at radius 2 is 2.00 bits per heavy atom. The average Bonchev–Trinajstić information content (AvgIpc) is 2.17. The van der Waals surface area contributed by atoms with Crippen molar-refractivity contribution in [3.63, 3.8) is 0 Å². The normalized spacial score (nSPS) is 20.8. The van der Waals surface area contributed by atoms with Crippen LogP contribution in [0.2, 0.25) is 0 Å². The van der Waals surface area contributed by atoms with Crippen molar-refractivity contribution in [1.29, 1.82) is 0 Å². The quantitative estimate of drug-likeness (QED) is 0.718. The molecular weight excluding hydrogens is 204 g/mol. The zero-order valence-electron chi connectivity index (χ0n) is 11.0. The number of carbonyl (C=O) groups is 1. The minimum Gasteiger partial charge on any atom is -0.373 e. The molecule has 0 radical (unpaired) electrons. The smallest absolute Gasteiger partial charge is 0.236 e. The molecule has 1 aliphatic rings. The van der Waals surface area contributed by atoms with Crippen molar-refractivity contribution in [3.05, 3.63) is 0 Å². The highest BCUT2D eigenvalue weighted by Gasteiger charge is 2.28. The molecule has 0 aromatic rings. The van der Waals surface area contributed by atoms with E-state index in [9.17, 15) is 4.79 Å². The molecular formula is C12H24N2O2. The van der Waals surface area contributed by atoms with Crippen LogP contribution in [0.5, 0.6) is 0 Å². The summed E-state index contributed by atoms with van der Waals surface area (Å²) < 4.78 is 5.62. The van der Waals surface area contributed by atoms with Gasteiger partial charge in [0, 0.05) is 26.2 Å². The van der Waals surface area contributed by atoms with E-state index in [2.05, 4.69) is 18.7 Å². The summed E-state index contributed by atoms with van der Waals surface area (Å²) in [6, 6.07) is 0. The van der Waals surface area contributed by atoms with Crippen molar-refractivity contribution < 1.29 is 9.53 Å². The Bertz CT molecular complexity index is 237. The van der Waals surface area contributed by atoms with E-state index in [0.29, 0.717) is 6.54 Å². The Morgan fingerprint density at radius 3 is 2.50 bits per heavy atom. The van der Waals surface area contributed by atoms with Crippen LogP contribution in [0.4, 0.5) is 0 Å². The monoisotopic (exact) mass is 228 g/mol. The van der Waals surface area contributed by atoms with Crippen molar-refractivity contribution in [1.82, 2.24) is 9.80 Å². The molecule has 1 aliphatic heterocycles. The zero-order valence-corrected chi connectivity index (χ0v) is 11.0. The van der Waals surface area contributed by atoms with Gasteiger partial charge < -0.3 is 9.64 Å². The first-order chi connectivity index (χ1) is 7.48. The highest BCUT2D eigenvalue weighted by molar-refractivity contribution is 5.78. The predicted octanol–water partition coefficient (Wildman–Crippen LogP) is 0.966. The van der Waals surface area contributed by atoms with Crippen LogP contribution in [-0.4, -0.2) is 60.6 Å². The van der Waals surface area contributed by atoms with Gasteiger partial charge in [0.2, 0.25) is 5.91 Å². The van der Waals surface area contributed by atoms with Gasteiger partial charge in [0.15, 0.2) is 0 Å². The van der Waals surface area contributed by atoms with Crippen LogP contribution < -0.4 is 0 Å². The summed E-state index contributed by atoms with van der Waals surface area (Å²) in [7, 11) is 0. The number of rotatable bonds is 4. The van der Waals surface area contributed by atoms with Gasteiger partial charge in [0.1, 0.15) is 0 Å². The Labute approximate surface area is 98.5 Å². The van der Waals surface area contributed by atoms with Gasteiger partial charge in [-0.1, -0.05) is 0 Å². The summed E-state index contributed by atoms with van der Waals surface area (Å²) in [6.45, 7) is 12.7. The number of likely N-dealkylation sites (N-methyl/N-ethyl adjacent to an activating group) is 1. The molecule has 0 atom stereocenters. The Hall–Kier alpha value is -0.610. The van der Waals surface area contributed by atoms with E-state index in [4.69, 9.17) is 4.74 Å². The number of hydrogen-bond donors (Lipinski definition) is 0. The van der Waals surface area contributed by atoms with Gasteiger partial charge >= 0.3 is 0 Å². The minimum absolute atomic E-state index is 0.123. The van der Waals surface area contributed by atoms with Gasteiger partial charge in [-0.25, -0.2) is 0 Å². The number of ether oxygens (including phenoxy) is 1. The Morgan fingerprint density at radius 1 is 1.38 bits per heavy atom. The molecule has 1 saturated heterocycles. The van der Waals surface area contributed by atoms with Crippen LogP contribution in [0, 0.1) is 0 Å². The second-order valence-corrected chi connectivity index (χ2v) is 4.88. The summed E-state index contributed by atoms with van der Waals surface area (Å²) in [6.07, 6.45) is 0. The van der Waals surface area contributed by atoms with E-state index in [-0.39, 0.29) is 11.5 Å². The lowest BCUT2D eigenvalue weighted by molar-refractivity contribution is -0.136. The third-order valence-corrected chi connectivity index (χ3v) is 2.98. The van der Waals surface area contributed by atoms with E-state index in [1.807, 2.05) is 18.7 Å². The summed E-state index contributed by atoms with van der Waals surface area (Å²) in [5.74, 6) is 0.225. The first kappa shape index (κ1) is 13.5. The lowest BCUT2D eigenvalue weighted by Gasteiger charge is -2.38. The zero-order chi connectivity index (χ0) is 12.2. The molecule has 0 spiro atoms. The van der Waals surface area contributed by atoms with Crippen molar-refractivity contribution in [3.8, 4) is 0 Å². The van der Waals surface area contributed by atoms with Crippen molar-refractivity contribution >= 4 is 5.91 Å². The molecule has 0 aliphatic carbocycles. The standard InChI is InChI=1S/C12H24N2O2/c1-5-14(6-2)11(15)9-13-7-8-16-12(3,4)10-13/h5-10H2,1-4H3. The van der Waals surface area contributed by atoms with Crippen LogP contribution in [0.3, 0.4) is 0 Å². The number of morpholine rings is 1. The molecule has 16 heavy (non-hydrogen) atoms. The average molecular weight is 228 g/mol. The molecule has 0 aromatic carbocycles. The number of amides is 1. The lowest BCUT2D eigenvalue weighted by Crippen LogP contribution is -2.51. The summed E-state index contributed by atoms with van der Waals surface area (Å²) in [5, 5.41) is 0. The van der Waals surface area contributed by atoms with E-state index in [1.54, 1.807) is 0 Å². The molecule has 94 valence electrons. The van der Waals surface area contributed by atoms with Gasteiger partial charge in [0.05, 0.1) is 18.8 Å². The van der Waals surface area contributed by atoms with Gasteiger partial charge in [-0.3, -0.25) is 9.69 Å². The fourth-order valence-electron chi connectivity index (χ4n) is 2.12. The summed E-state index contributed by atoms with van der Waals surface area (Å²) in [5.41, 5.74) is -0.123. The SMILES string of the molecule is CCN(CC)C(=O)CN1CCOC(C)(C)C1. The number of carbonyl (C=O) groups excluding carboxylic acids is 1. The van der Waals surface area contributed by atoms with Crippen molar-refractivity contribution in [2.45, 2.75) is 33.3 Å². The maximum absolute atomic E-state index is 11.9. The highest BCUT2D eigenvalue weighted by Crippen LogP contribution is 2.16. The third-order valence-electron chi connectivity index (χ3n) is 2.98. The fraction of sp³-hybridized carbons (Fsp3) is 0.917. The maximum Gasteiger partial charge on any atom is 0.236 e. The molecule has 1 heterocycles. The van der Waals surface area contributed by atoms with Gasteiger partial charge in [-0.05, 0) is 27.7 Å². The molecule has 1 rings (SSSR count). The molecule has 0 N–H and O–H groups in total. The van der Waals surface area contributed by atoms with Crippen molar-refractivity contribution in [2.24, 2.45) is 0 Å². The molecule has 0 bridgehead atoms. The van der Waals surface area contributed by atoms with Crippen molar-refractivity contribution in [2.75, 3.05) is 39.3 Å². The van der Waals surface area contributed by atoms with E-state index in [0.717, 1.165) is 32.8 Å². The molecule has 1 amide bonds. The Kier molecular flexibility index (Phi) is 4.74. The molecule has 4 nitrogen and oxygen atoms in total. The molecule has 0 aromatic heterocycles. The first-order valence-electron chi connectivity index (χ1n) is 6.12. The summed E-state index contributed by atoms with van der Waals surface area (Å²) >= 11 is 0. The molecule has 0 unspecified atom stereocenters. The summed E-state index contributed by atoms with van der Waals surface area (Å²) in [4.78, 5) is 16.0. The molecule has 4 heteroatoms. The highest BCUT2D eigenvalue weighted by atomic mass is 16.5. The van der Waals surface area contributed by atoms with E-state index in [1.165, 1.54) is 0 Å². The van der Waals surface area contributed by atoms with E-state index < -0.39 is 0 Å². The fourth-order valence-corrected chi connectivity index (χ4v) is 2.12. The maximum atomic E-state index is 11.9. The first-order valence-corrected chi connectivity index (χ1v) is 6.12. The van der Waals surface area contributed by atoms with Crippen LogP contribution in [0.25, 0.3) is 0 Å². The van der Waals surface area contributed by atoms with Gasteiger partial charge in [-0.15, -0.1) is 0 Å². The largest absolute Gasteiger partial charge is 0.373 e. The van der Waals surface area contributed by atoms with Crippen LogP contribution in [0.15, 0.2) is 0 Å². The topological polar surface area (TPSA) is 32.8 Å². The molecule has 1 fully saturated rings. The van der Waals surface area contributed by atoms with Gasteiger partial charge in [0.25, 0.3) is 0 Å². The van der Waals surface area contributed by atoms with E-state index >= 15 is 0 Å². The van der Waals surface area contributed by atoms with Crippen LogP contribution >= 0.6 is 0 Å². The number of hydrogen-bond acceptors (Lipinski definition) is 3. The third kappa shape index (κ3) is 3.76. The second kappa shape index (κ2) is 5.64. The Balaban J connectivity index is 2.44. The number of nitrogens with zero attached hydrogens (tertiary/aromatic N) is 2. The lowest BCUT2D eigenvalue weighted by atomic mass is 10.1. The predicted molar refractivity (Wildman–Crippen MR) is 64.4 cm³/mol.